The first-order chi connectivity index (χ1) is 2.77. The summed E-state index contributed by atoms with van der Waals surface area (Å²) in [6, 6.07) is 0. The molecule has 0 spiro atoms. The summed E-state index contributed by atoms with van der Waals surface area (Å²) >= 11 is -2.43. The molecule has 0 amide bonds. The average molecular weight is 105 g/mol. The minimum absolute atomic E-state index is 1.20. The molecule has 0 bridgehead atoms. The van der Waals surface area contributed by atoms with Gasteiger partial charge < -0.3 is 4.55 Å². The number of nitriles is 1. The van der Waals surface area contributed by atoms with Gasteiger partial charge in [-0.2, -0.15) is 5.26 Å². The molecule has 0 aromatic rings. The lowest BCUT2D eigenvalue weighted by Gasteiger charge is -1.94. The Bertz CT molecular complexity index is 94.2. The van der Waals surface area contributed by atoms with Crippen LogP contribution in [-0.2, 0) is 11.3 Å². The monoisotopic (exact) mass is 105 g/mol. The Labute approximate surface area is 37.2 Å². The smallest absolute Gasteiger partial charge is 0.188 e. The second-order valence-corrected chi connectivity index (χ2v) is 1.12. The summed E-state index contributed by atoms with van der Waals surface area (Å²) < 4.78 is 20.0. The molecule has 5 heteroatoms. The molecule has 0 heterocycles. The van der Waals surface area contributed by atoms with E-state index in [0.29, 0.717) is 0 Å². The highest BCUT2D eigenvalue weighted by molar-refractivity contribution is 7.77. The summed E-state index contributed by atoms with van der Waals surface area (Å²) in [6.07, 6.45) is 1.20. The van der Waals surface area contributed by atoms with Crippen molar-refractivity contribution in [2.45, 2.75) is 0 Å². The van der Waals surface area contributed by atoms with Crippen LogP contribution in [0.4, 0.5) is 0 Å². The molecule has 0 radical (unpaired) electrons. The highest BCUT2D eigenvalue weighted by Crippen LogP contribution is 1.51. The van der Waals surface area contributed by atoms with Crippen LogP contribution in [0.2, 0.25) is 0 Å². The van der Waals surface area contributed by atoms with Crippen LogP contribution in [0, 0.1) is 11.5 Å². The average Bonchev–Trinajstić information content (AvgIpc) is 1.35. The number of nitrogens with one attached hydrogen (secondary N) is 1. The van der Waals surface area contributed by atoms with Crippen LogP contribution in [0.1, 0.15) is 0 Å². The van der Waals surface area contributed by atoms with E-state index in [1.807, 2.05) is 0 Å². The molecule has 1 atom stereocenters. The van der Waals surface area contributed by atoms with Gasteiger partial charge in [-0.25, -0.2) is 0 Å². The van der Waals surface area contributed by atoms with Gasteiger partial charge in [0.05, 0.1) is 11.3 Å². The van der Waals surface area contributed by atoms with Crippen LogP contribution >= 0.6 is 0 Å². The van der Waals surface area contributed by atoms with E-state index in [9.17, 15) is 8.76 Å². The molecule has 0 aromatic heterocycles. The van der Waals surface area contributed by atoms with Crippen LogP contribution < -0.4 is 4.72 Å². The van der Waals surface area contributed by atoms with E-state index in [0.717, 1.165) is 0 Å². The zero-order chi connectivity index (χ0) is 4.99. The van der Waals surface area contributed by atoms with Gasteiger partial charge in [0.25, 0.3) is 0 Å². The molecule has 0 aromatic carbocycles. The van der Waals surface area contributed by atoms with E-state index in [1.165, 1.54) is 10.9 Å². The molecule has 0 aliphatic rings. The Morgan fingerprint density at radius 1 is 2.00 bits per heavy atom. The molecule has 34 valence electrons. The molecule has 0 fully saturated rings. The van der Waals surface area contributed by atoms with Crippen molar-refractivity contribution in [2.75, 3.05) is 0 Å². The second-order valence-electron chi connectivity index (χ2n) is 0.449. The minimum Gasteiger partial charge on any atom is -0.755 e. The molecule has 1 unspecified atom stereocenters. The molecule has 4 nitrogen and oxygen atoms in total. The second kappa shape index (κ2) is 2.63. The van der Waals surface area contributed by atoms with Gasteiger partial charge in [-0.1, -0.05) is 0 Å². The maximum atomic E-state index is 9.27. The zero-order valence-corrected chi connectivity index (χ0v) is 3.49. The standard InChI is InChI=1S/CH2N2O2S/c2-1-3-6(4)5/h3H,(H,4,5)/p-1. The Morgan fingerprint density at radius 2 is 2.50 bits per heavy atom. The van der Waals surface area contributed by atoms with Crippen molar-refractivity contribution < 1.29 is 8.76 Å². The van der Waals surface area contributed by atoms with Gasteiger partial charge in [0.1, 0.15) is 0 Å². The quantitative estimate of drug-likeness (QED) is 0.260. The lowest BCUT2D eigenvalue weighted by Crippen LogP contribution is -2.07. The van der Waals surface area contributed by atoms with E-state index in [2.05, 4.69) is 0 Å². The van der Waals surface area contributed by atoms with E-state index < -0.39 is 11.3 Å². The van der Waals surface area contributed by atoms with Crippen molar-refractivity contribution in [3.05, 3.63) is 0 Å². The van der Waals surface area contributed by atoms with Gasteiger partial charge in [-0.3, -0.25) is 8.93 Å². The fraction of sp³-hybridized carbons (Fsp3) is 0. The van der Waals surface area contributed by atoms with Crippen molar-refractivity contribution in [2.24, 2.45) is 0 Å². The Morgan fingerprint density at radius 3 is 2.50 bits per heavy atom. The van der Waals surface area contributed by atoms with E-state index in [4.69, 9.17) is 5.26 Å². The van der Waals surface area contributed by atoms with Gasteiger partial charge in [-0.05, 0) is 0 Å². The number of hydrogen-bond acceptors (Lipinski definition) is 3. The van der Waals surface area contributed by atoms with Crippen molar-refractivity contribution in [1.82, 2.24) is 4.72 Å². The first-order valence-corrected chi connectivity index (χ1v) is 2.09. The lowest BCUT2D eigenvalue weighted by molar-refractivity contribution is 0.532. The predicted octanol–water partition coefficient (Wildman–Crippen LogP) is -1.15. The van der Waals surface area contributed by atoms with Crippen LogP contribution in [0.15, 0.2) is 0 Å². The third-order valence-electron chi connectivity index (χ3n) is 0.129. The molecular formula is CHN2O2S-. The number of rotatable bonds is 1. The molecule has 0 aliphatic heterocycles. The molecule has 6 heavy (non-hydrogen) atoms. The zero-order valence-electron chi connectivity index (χ0n) is 2.67. The topological polar surface area (TPSA) is 76.0 Å². The van der Waals surface area contributed by atoms with Crippen molar-refractivity contribution in [3.63, 3.8) is 0 Å². The van der Waals surface area contributed by atoms with E-state index in [1.54, 1.807) is 0 Å². The Kier molecular flexibility index (Phi) is 2.36. The fourth-order valence-electron chi connectivity index (χ4n) is 0.0373. The SMILES string of the molecule is N#CNS(=O)[O-]. The van der Waals surface area contributed by atoms with Gasteiger partial charge in [0, 0.05) is 0 Å². The number of nitrogens with zero attached hydrogens (tertiary/aromatic N) is 1. The number of hydrogen-bond donors (Lipinski definition) is 1. The van der Waals surface area contributed by atoms with Gasteiger partial charge in [0.2, 0.25) is 0 Å². The summed E-state index contributed by atoms with van der Waals surface area (Å²) in [7, 11) is 0. The van der Waals surface area contributed by atoms with Crippen molar-refractivity contribution >= 4 is 11.3 Å². The Balaban J connectivity index is 3.13. The van der Waals surface area contributed by atoms with Crippen LogP contribution in [0.5, 0.6) is 0 Å². The van der Waals surface area contributed by atoms with E-state index >= 15 is 0 Å². The van der Waals surface area contributed by atoms with E-state index in [-0.39, 0.29) is 0 Å². The predicted molar refractivity (Wildman–Crippen MR) is 17.7 cm³/mol. The Hall–Kier alpha value is -0.600. The molecule has 0 saturated carbocycles. The highest BCUT2D eigenvalue weighted by atomic mass is 32.2. The molecule has 0 saturated heterocycles. The third kappa shape index (κ3) is 3.40. The van der Waals surface area contributed by atoms with Crippen LogP contribution in [0.25, 0.3) is 0 Å². The normalized spacial score (nSPS) is 12.0. The van der Waals surface area contributed by atoms with Gasteiger partial charge in [0.15, 0.2) is 6.19 Å². The summed E-state index contributed by atoms with van der Waals surface area (Å²) in [5.41, 5.74) is 0. The van der Waals surface area contributed by atoms with Gasteiger partial charge >= 0.3 is 0 Å². The third-order valence-corrected chi connectivity index (χ3v) is 0.387. The maximum Gasteiger partial charge on any atom is 0.188 e. The highest BCUT2D eigenvalue weighted by Gasteiger charge is 1.64. The van der Waals surface area contributed by atoms with Crippen molar-refractivity contribution in [1.29, 1.82) is 5.26 Å². The first-order valence-electron chi connectivity index (χ1n) is 1.01. The maximum absolute atomic E-state index is 9.27. The largest absolute Gasteiger partial charge is 0.755 e. The molecule has 0 aliphatic carbocycles. The molecule has 0 rings (SSSR count). The first kappa shape index (κ1) is 5.40. The molecule has 1 N–H and O–H groups in total. The van der Waals surface area contributed by atoms with Crippen molar-refractivity contribution in [3.8, 4) is 6.19 Å². The fourth-order valence-corrected chi connectivity index (χ4v) is 0.112. The summed E-state index contributed by atoms with van der Waals surface area (Å²) in [5, 5.41) is 7.48. The van der Waals surface area contributed by atoms with Crippen LogP contribution in [-0.4, -0.2) is 8.76 Å². The van der Waals surface area contributed by atoms with Gasteiger partial charge in [-0.15, -0.1) is 0 Å². The summed E-state index contributed by atoms with van der Waals surface area (Å²) in [4.78, 5) is 0. The minimum atomic E-state index is -2.43. The summed E-state index contributed by atoms with van der Waals surface area (Å²) in [5.74, 6) is 0. The van der Waals surface area contributed by atoms with Crippen LogP contribution in [0.3, 0.4) is 0 Å². The summed E-state index contributed by atoms with van der Waals surface area (Å²) in [6.45, 7) is 0. The molecular weight excluding hydrogens is 104 g/mol. The lowest BCUT2D eigenvalue weighted by atomic mass is 11.5.